The lowest BCUT2D eigenvalue weighted by molar-refractivity contribution is 0.158. The number of halogens is 1. The van der Waals surface area contributed by atoms with Gasteiger partial charge in [0, 0.05) is 11.0 Å². The Bertz CT molecular complexity index is 314. The van der Waals surface area contributed by atoms with Crippen LogP contribution in [0.5, 0.6) is 0 Å². The number of hydrogen-bond acceptors (Lipinski definition) is 4. The Morgan fingerprint density at radius 2 is 2.14 bits per heavy atom. The van der Waals surface area contributed by atoms with E-state index >= 15 is 0 Å². The third kappa shape index (κ3) is 6.87. The molecule has 0 unspecified atom stereocenters. The molecule has 0 aliphatic carbocycles. The summed E-state index contributed by atoms with van der Waals surface area (Å²) in [7, 11) is -3.86. The first-order valence-corrected chi connectivity index (χ1v) is 5.92. The molecule has 8 heteroatoms. The highest BCUT2D eigenvalue weighted by atomic mass is 79.9. The van der Waals surface area contributed by atoms with Crippen molar-refractivity contribution in [2.24, 2.45) is 0 Å². The minimum absolute atomic E-state index is 0.00522. The molecular weight excluding hydrogens is 276 g/mol. The van der Waals surface area contributed by atoms with Gasteiger partial charge in [-0.25, -0.2) is 9.52 Å². The van der Waals surface area contributed by atoms with Gasteiger partial charge in [-0.15, -0.1) is 0 Å². The molecule has 0 spiro atoms. The van der Waals surface area contributed by atoms with E-state index in [0.29, 0.717) is 4.48 Å². The van der Waals surface area contributed by atoms with Gasteiger partial charge in [-0.05, 0) is 6.92 Å². The van der Waals surface area contributed by atoms with Gasteiger partial charge >= 0.3 is 16.3 Å². The quantitative estimate of drug-likeness (QED) is 0.770. The summed E-state index contributed by atoms with van der Waals surface area (Å²) in [4.78, 5) is 10.7. The Balaban J connectivity index is 4.08. The van der Waals surface area contributed by atoms with Crippen molar-refractivity contribution in [1.82, 2.24) is 9.44 Å². The van der Waals surface area contributed by atoms with E-state index in [0.717, 1.165) is 0 Å². The third-order valence-electron chi connectivity index (χ3n) is 0.947. The third-order valence-corrected chi connectivity index (χ3v) is 2.19. The van der Waals surface area contributed by atoms with E-state index in [-0.39, 0.29) is 13.2 Å². The Morgan fingerprint density at radius 3 is 2.57 bits per heavy atom. The standard InChI is InChI=1S/C6H11BrN2O4S/c1-3-13-6(10)9-14(11,12)8-4-5(2)7/h8H,2-4H2,1H3,(H,9,10). The predicted octanol–water partition coefficient (Wildman–Crippen LogP) is 0.476. The average Bonchev–Trinajstić information content (AvgIpc) is 2.00. The van der Waals surface area contributed by atoms with Gasteiger partial charge in [0.25, 0.3) is 0 Å². The fourth-order valence-electron chi connectivity index (χ4n) is 0.480. The summed E-state index contributed by atoms with van der Waals surface area (Å²) in [6, 6.07) is 0. The van der Waals surface area contributed by atoms with E-state index in [9.17, 15) is 13.2 Å². The van der Waals surface area contributed by atoms with Crippen molar-refractivity contribution < 1.29 is 17.9 Å². The van der Waals surface area contributed by atoms with E-state index in [1.807, 2.05) is 0 Å². The van der Waals surface area contributed by atoms with Gasteiger partial charge in [0.05, 0.1) is 6.61 Å². The van der Waals surface area contributed by atoms with Crippen LogP contribution < -0.4 is 9.44 Å². The summed E-state index contributed by atoms with van der Waals surface area (Å²) in [5.74, 6) is 0. The maximum Gasteiger partial charge on any atom is 0.421 e. The minimum atomic E-state index is -3.86. The molecule has 0 saturated heterocycles. The van der Waals surface area contributed by atoms with E-state index in [2.05, 4.69) is 32.0 Å². The molecule has 0 radical (unpaired) electrons. The van der Waals surface area contributed by atoms with Crippen LogP contribution in [-0.2, 0) is 14.9 Å². The summed E-state index contributed by atoms with van der Waals surface area (Å²) in [5.41, 5.74) is 0. The first-order chi connectivity index (χ1) is 6.37. The van der Waals surface area contributed by atoms with Gasteiger partial charge in [0.15, 0.2) is 0 Å². The van der Waals surface area contributed by atoms with Crippen molar-refractivity contribution >= 4 is 32.2 Å². The van der Waals surface area contributed by atoms with Gasteiger partial charge in [0.1, 0.15) is 0 Å². The van der Waals surface area contributed by atoms with Crippen LogP contribution in [0.25, 0.3) is 0 Å². The monoisotopic (exact) mass is 286 g/mol. The molecule has 0 rings (SSSR count). The second-order valence-corrected chi connectivity index (χ2v) is 4.79. The van der Waals surface area contributed by atoms with Crippen LogP contribution in [0.4, 0.5) is 4.79 Å². The molecule has 0 aromatic heterocycles. The van der Waals surface area contributed by atoms with Crippen molar-refractivity contribution in [3.63, 3.8) is 0 Å². The molecule has 2 N–H and O–H groups in total. The molecule has 14 heavy (non-hydrogen) atoms. The second-order valence-electron chi connectivity index (χ2n) is 2.16. The number of carbonyl (C=O) groups excluding carboxylic acids is 1. The molecule has 0 bridgehead atoms. The Hall–Kier alpha value is -0.600. The normalized spacial score (nSPS) is 10.7. The lowest BCUT2D eigenvalue weighted by Crippen LogP contribution is -2.40. The molecule has 0 aromatic carbocycles. The summed E-state index contributed by atoms with van der Waals surface area (Å²) < 4.78 is 30.6. The van der Waals surface area contributed by atoms with Crippen LogP contribution >= 0.6 is 15.9 Å². The van der Waals surface area contributed by atoms with E-state index < -0.39 is 16.3 Å². The van der Waals surface area contributed by atoms with E-state index in [1.54, 1.807) is 11.6 Å². The van der Waals surface area contributed by atoms with Gasteiger partial charge in [-0.2, -0.15) is 13.1 Å². The molecule has 1 amide bonds. The Labute approximate surface area is 91.0 Å². The summed E-state index contributed by atoms with van der Waals surface area (Å²) >= 11 is 2.96. The largest absolute Gasteiger partial charge is 0.449 e. The Kier molecular flexibility index (Phi) is 5.73. The molecule has 6 nitrogen and oxygen atoms in total. The maximum atomic E-state index is 11.0. The number of rotatable bonds is 5. The number of carbonyl (C=O) groups is 1. The van der Waals surface area contributed by atoms with Gasteiger partial charge in [-0.1, -0.05) is 22.5 Å². The molecule has 0 aliphatic heterocycles. The minimum Gasteiger partial charge on any atom is -0.449 e. The van der Waals surface area contributed by atoms with Crippen molar-refractivity contribution in [3.05, 3.63) is 11.1 Å². The molecule has 0 aliphatic rings. The highest BCUT2D eigenvalue weighted by molar-refractivity contribution is 9.11. The number of amides is 1. The van der Waals surface area contributed by atoms with Crippen molar-refractivity contribution in [3.8, 4) is 0 Å². The number of nitrogens with one attached hydrogen (secondary N) is 2. The number of ether oxygens (including phenoxy) is 1. The van der Waals surface area contributed by atoms with Gasteiger partial charge in [-0.3, -0.25) is 0 Å². The van der Waals surface area contributed by atoms with Crippen LogP contribution in [0.1, 0.15) is 6.92 Å². The molecule has 0 atom stereocenters. The fraction of sp³-hybridized carbons (Fsp3) is 0.500. The smallest absolute Gasteiger partial charge is 0.421 e. The van der Waals surface area contributed by atoms with Gasteiger partial charge < -0.3 is 4.74 Å². The zero-order valence-electron chi connectivity index (χ0n) is 7.54. The molecule has 0 heterocycles. The zero-order chi connectivity index (χ0) is 11.2. The van der Waals surface area contributed by atoms with Crippen molar-refractivity contribution in [2.45, 2.75) is 6.92 Å². The highest BCUT2D eigenvalue weighted by Crippen LogP contribution is 1.97. The predicted molar refractivity (Wildman–Crippen MR) is 55.1 cm³/mol. The van der Waals surface area contributed by atoms with Crippen molar-refractivity contribution in [2.75, 3.05) is 13.2 Å². The van der Waals surface area contributed by atoms with Crippen molar-refractivity contribution in [1.29, 1.82) is 0 Å². The lowest BCUT2D eigenvalue weighted by atomic mass is 10.7. The molecule has 0 fully saturated rings. The number of hydrogen-bond donors (Lipinski definition) is 2. The van der Waals surface area contributed by atoms with E-state index in [1.165, 1.54) is 0 Å². The maximum absolute atomic E-state index is 11.0. The fourth-order valence-corrected chi connectivity index (χ4v) is 1.52. The van der Waals surface area contributed by atoms with Crippen LogP contribution in [0.15, 0.2) is 11.1 Å². The Morgan fingerprint density at radius 1 is 1.57 bits per heavy atom. The zero-order valence-corrected chi connectivity index (χ0v) is 9.94. The van der Waals surface area contributed by atoms with E-state index in [4.69, 9.17) is 0 Å². The molecule has 0 aromatic rings. The highest BCUT2D eigenvalue weighted by Gasteiger charge is 2.13. The molecule has 0 saturated carbocycles. The van der Waals surface area contributed by atoms with Crippen LogP contribution in [-0.4, -0.2) is 27.7 Å². The second kappa shape index (κ2) is 5.99. The van der Waals surface area contributed by atoms with Crippen LogP contribution in [0, 0.1) is 0 Å². The lowest BCUT2D eigenvalue weighted by Gasteiger charge is -2.06. The summed E-state index contributed by atoms with van der Waals surface area (Å²) in [5, 5.41) is 0. The van der Waals surface area contributed by atoms with Gasteiger partial charge in [0.2, 0.25) is 0 Å². The van der Waals surface area contributed by atoms with Crippen LogP contribution in [0.2, 0.25) is 0 Å². The van der Waals surface area contributed by atoms with Crippen LogP contribution in [0.3, 0.4) is 0 Å². The first kappa shape index (κ1) is 13.4. The average molecular weight is 287 g/mol. The molecule has 82 valence electrons. The molecular formula is C6H11BrN2O4S. The first-order valence-electron chi connectivity index (χ1n) is 3.65. The SMILES string of the molecule is C=C(Br)CNS(=O)(=O)NC(=O)OCC. The summed E-state index contributed by atoms with van der Waals surface area (Å²) in [6.45, 7) is 5.09. The topological polar surface area (TPSA) is 84.5 Å². The summed E-state index contributed by atoms with van der Waals surface area (Å²) in [6.07, 6.45) is -1.01.